The highest BCUT2D eigenvalue weighted by molar-refractivity contribution is 5.84. The number of hydrogen-bond acceptors (Lipinski definition) is 2. The van der Waals surface area contributed by atoms with Gasteiger partial charge < -0.3 is 10.4 Å². The van der Waals surface area contributed by atoms with Crippen LogP contribution in [-0.2, 0) is 11.2 Å². The summed E-state index contributed by atoms with van der Waals surface area (Å²) in [6.45, 7) is 0. The molecule has 0 bridgehead atoms. The molecule has 3 rings (SSSR count). The van der Waals surface area contributed by atoms with Gasteiger partial charge in [0.2, 0.25) is 0 Å². The van der Waals surface area contributed by atoms with E-state index in [0.29, 0.717) is 6.42 Å². The number of carboxylic acids is 1. The Hall–Kier alpha value is -2.55. The molecule has 0 aromatic heterocycles. The van der Waals surface area contributed by atoms with E-state index < -0.39 is 12.0 Å². The molecule has 0 saturated heterocycles. The Morgan fingerprint density at radius 3 is 2.65 bits per heavy atom. The molecular formula is C17H15NO2. The molecular weight excluding hydrogens is 250 g/mol. The Morgan fingerprint density at radius 2 is 1.90 bits per heavy atom. The lowest BCUT2D eigenvalue weighted by Gasteiger charge is -2.03. The van der Waals surface area contributed by atoms with E-state index in [1.54, 1.807) is 0 Å². The van der Waals surface area contributed by atoms with Crippen LogP contribution in [0.3, 0.4) is 0 Å². The van der Waals surface area contributed by atoms with Crippen molar-refractivity contribution in [2.45, 2.75) is 12.5 Å². The van der Waals surface area contributed by atoms with Crippen molar-refractivity contribution in [1.82, 2.24) is 0 Å². The molecule has 0 aliphatic carbocycles. The van der Waals surface area contributed by atoms with Crippen molar-refractivity contribution in [2.24, 2.45) is 0 Å². The van der Waals surface area contributed by atoms with Crippen LogP contribution in [-0.4, -0.2) is 17.1 Å². The maximum absolute atomic E-state index is 11.1. The summed E-state index contributed by atoms with van der Waals surface area (Å²) in [6, 6.07) is 15.4. The third-order valence-corrected chi connectivity index (χ3v) is 3.50. The predicted molar refractivity (Wildman–Crippen MR) is 80.6 cm³/mol. The minimum atomic E-state index is -0.806. The average Bonchev–Trinajstić information content (AvgIpc) is 2.91. The first-order valence-corrected chi connectivity index (χ1v) is 6.58. The van der Waals surface area contributed by atoms with Crippen LogP contribution < -0.4 is 5.32 Å². The number of hydrogen-bond donors (Lipinski definition) is 2. The molecule has 3 nitrogen and oxygen atoms in total. The first-order valence-electron chi connectivity index (χ1n) is 6.58. The zero-order valence-electron chi connectivity index (χ0n) is 10.9. The van der Waals surface area contributed by atoms with Crippen molar-refractivity contribution in [3.8, 4) is 0 Å². The second-order valence-electron chi connectivity index (χ2n) is 4.86. The smallest absolute Gasteiger partial charge is 0.326 e. The molecule has 2 aromatic carbocycles. The van der Waals surface area contributed by atoms with E-state index in [1.165, 1.54) is 0 Å². The minimum absolute atomic E-state index is 0.517. The first-order chi connectivity index (χ1) is 9.74. The van der Waals surface area contributed by atoms with Crippen molar-refractivity contribution in [3.05, 3.63) is 65.2 Å². The Morgan fingerprint density at radius 1 is 1.10 bits per heavy atom. The van der Waals surface area contributed by atoms with Crippen LogP contribution >= 0.6 is 0 Å². The maximum atomic E-state index is 11.1. The molecule has 100 valence electrons. The molecule has 0 fully saturated rings. The van der Waals surface area contributed by atoms with Crippen molar-refractivity contribution in [3.63, 3.8) is 0 Å². The fourth-order valence-electron chi connectivity index (χ4n) is 2.47. The number of anilines is 1. The van der Waals surface area contributed by atoms with Crippen LogP contribution in [0.1, 0.15) is 16.7 Å². The lowest BCUT2D eigenvalue weighted by molar-refractivity contribution is -0.137. The van der Waals surface area contributed by atoms with Gasteiger partial charge in [0.1, 0.15) is 6.04 Å². The van der Waals surface area contributed by atoms with Crippen LogP contribution in [0.25, 0.3) is 12.2 Å². The molecule has 0 spiro atoms. The molecule has 1 aliphatic rings. The third-order valence-electron chi connectivity index (χ3n) is 3.50. The quantitative estimate of drug-likeness (QED) is 0.837. The van der Waals surface area contributed by atoms with Gasteiger partial charge in [-0.2, -0.15) is 0 Å². The minimum Gasteiger partial charge on any atom is -0.480 e. The van der Waals surface area contributed by atoms with Gasteiger partial charge in [-0.3, -0.25) is 0 Å². The second-order valence-corrected chi connectivity index (χ2v) is 4.86. The number of nitrogens with one attached hydrogen (secondary N) is 1. The standard InChI is InChI=1S/C17H15NO2/c19-17(20)16-11-14-13(7-4-8-15(14)18-16)10-9-12-5-2-1-3-6-12/h1-10,16,18H,11H2,(H,19,20). The predicted octanol–water partition coefficient (Wildman–Crippen LogP) is 3.28. The lowest BCUT2D eigenvalue weighted by Crippen LogP contribution is -2.26. The summed E-state index contributed by atoms with van der Waals surface area (Å²) in [5.41, 5.74) is 4.20. The van der Waals surface area contributed by atoms with Crippen LogP contribution in [0, 0.1) is 0 Å². The van der Waals surface area contributed by atoms with E-state index in [-0.39, 0.29) is 0 Å². The van der Waals surface area contributed by atoms with Crippen molar-refractivity contribution in [2.75, 3.05) is 5.32 Å². The maximum Gasteiger partial charge on any atom is 0.326 e. The monoisotopic (exact) mass is 265 g/mol. The summed E-state index contributed by atoms with van der Waals surface area (Å²) >= 11 is 0. The zero-order chi connectivity index (χ0) is 13.9. The van der Waals surface area contributed by atoms with E-state index >= 15 is 0 Å². The Balaban J connectivity index is 1.88. The number of aliphatic carboxylic acids is 1. The molecule has 3 heteroatoms. The van der Waals surface area contributed by atoms with Gasteiger partial charge in [-0.1, -0.05) is 54.6 Å². The molecule has 1 heterocycles. The van der Waals surface area contributed by atoms with Crippen LogP contribution in [0.4, 0.5) is 5.69 Å². The van der Waals surface area contributed by atoms with Gasteiger partial charge in [0.05, 0.1) is 0 Å². The van der Waals surface area contributed by atoms with E-state index in [2.05, 4.69) is 5.32 Å². The normalized spacial score (nSPS) is 16.9. The number of carboxylic acid groups (broad SMARTS) is 1. The molecule has 1 aliphatic heterocycles. The van der Waals surface area contributed by atoms with Crippen molar-refractivity contribution >= 4 is 23.8 Å². The summed E-state index contributed by atoms with van der Waals surface area (Å²) in [7, 11) is 0. The molecule has 20 heavy (non-hydrogen) atoms. The first kappa shape index (κ1) is 12.5. The topological polar surface area (TPSA) is 49.3 Å². The van der Waals surface area contributed by atoms with Gasteiger partial charge in [-0.05, 0) is 22.8 Å². The van der Waals surface area contributed by atoms with Gasteiger partial charge in [0.25, 0.3) is 0 Å². The van der Waals surface area contributed by atoms with Gasteiger partial charge in [-0.25, -0.2) is 4.79 Å². The van der Waals surface area contributed by atoms with Gasteiger partial charge >= 0.3 is 5.97 Å². The number of carbonyl (C=O) groups is 1. The van der Waals surface area contributed by atoms with Crippen LogP contribution in [0.5, 0.6) is 0 Å². The van der Waals surface area contributed by atoms with Gasteiger partial charge in [0, 0.05) is 12.1 Å². The van der Waals surface area contributed by atoms with E-state index in [1.807, 2.05) is 60.7 Å². The third kappa shape index (κ3) is 2.43. The van der Waals surface area contributed by atoms with E-state index in [9.17, 15) is 4.79 Å². The van der Waals surface area contributed by atoms with E-state index in [0.717, 1.165) is 22.4 Å². The summed E-state index contributed by atoms with van der Waals surface area (Å²) in [5.74, 6) is -0.806. The molecule has 0 amide bonds. The van der Waals surface area contributed by atoms with E-state index in [4.69, 9.17) is 5.11 Å². The highest BCUT2D eigenvalue weighted by atomic mass is 16.4. The average molecular weight is 265 g/mol. The van der Waals surface area contributed by atoms with Crippen molar-refractivity contribution < 1.29 is 9.90 Å². The van der Waals surface area contributed by atoms with Crippen molar-refractivity contribution in [1.29, 1.82) is 0 Å². The van der Waals surface area contributed by atoms with Crippen LogP contribution in [0.2, 0.25) is 0 Å². The zero-order valence-corrected chi connectivity index (χ0v) is 10.9. The SMILES string of the molecule is O=C(O)C1Cc2c(C=Cc3ccccc3)cccc2N1. The Kier molecular flexibility index (Phi) is 3.25. The van der Waals surface area contributed by atoms with Gasteiger partial charge in [0.15, 0.2) is 0 Å². The molecule has 1 unspecified atom stereocenters. The molecule has 0 saturated carbocycles. The fraction of sp³-hybridized carbons (Fsp3) is 0.118. The second kappa shape index (κ2) is 5.21. The molecule has 2 aromatic rings. The summed E-state index contributed by atoms with van der Waals surface area (Å²) in [6.07, 6.45) is 4.61. The molecule has 1 atom stereocenters. The Labute approximate surface area is 117 Å². The molecule has 2 N–H and O–H groups in total. The summed E-state index contributed by atoms with van der Waals surface area (Å²) < 4.78 is 0. The number of benzene rings is 2. The van der Waals surface area contributed by atoms with Gasteiger partial charge in [-0.15, -0.1) is 0 Å². The molecule has 0 radical (unpaired) electrons. The Bertz CT molecular complexity index is 662. The number of fused-ring (bicyclic) bond motifs is 1. The fourth-order valence-corrected chi connectivity index (χ4v) is 2.47. The van der Waals surface area contributed by atoms with Crippen LogP contribution in [0.15, 0.2) is 48.5 Å². The summed E-state index contributed by atoms with van der Waals surface area (Å²) in [4.78, 5) is 11.1. The summed E-state index contributed by atoms with van der Waals surface area (Å²) in [5, 5.41) is 12.1. The lowest BCUT2D eigenvalue weighted by atomic mass is 10.0. The number of rotatable bonds is 3. The highest BCUT2D eigenvalue weighted by Gasteiger charge is 2.27. The largest absolute Gasteiger partial charge is 0.480 e. The highest BCUT2D eigenvalue weighted by Crippen LogP contribution is 2.30.